The van der Waals surface area contributed by atoms with Crippen molar-refractivity contribution in [1.29, 1.82) is 5.26 Å². The van der Waals surface area contributed by atoms with E-state index >= 15 is 0 Å². The molecule has 0 aliphatic carbocycles. The number of nitro benzene ring substituents is 1. The van der Waals surface area contributed by atoms with Crippen molar-refractivity contribution in [3.8, 4) is 6.07 Å². The van der Waals surface area contributed by atoms with Gasteiger partial charge in [0, 0.05) is 17.8 Å². The summed E-state index contributed by atoms with van der Waals surface area (Å²) in [6.45, 7) is 2.13. The van der Waals surface area contributed by atoms with Crippen LogP contribution in [0.1, 0.15) is 30.9 Å². The minimum Gasteiger partial charge on any atom is -0.321 e. The second-order valence-corrected chi connectivity index (χ2v) is 5.78. The summed E-state index contributed by atoms with van der Waals surface area (Å²) in [5, 5.41) is 22.7. The Morgan fingerprint density at radius 1 is 1.27 bits per heavy atom. The van der Waals surface area contributed by atoms with Gasteiger partial charge in [-0.2, -0.15) is 5.26 Å². The lowest BCUT2D eigenvalue weighted by Crippen LogP contribution is -2.13. The van der Waals surface area contributed by atoms with Crippen molar-refractivity contribution in [3.05, 3.63) is 75.3 Å². The Morgan fingerprint density at radius 3 is 2.62 bits per heavy atom. The number of unbranched alkanes of at least 4 members (excludes halogenated alkanes) is 1. The van der Waals surface area contributed by atoms with Crippen LogP contribution >= 0.6 is 0 Å². The third-order valence-electron chi connectivity index (χ3n) is 3.79. The first kappa shape index (κ1) is 18.9. The topological polar surface area (TPSA) is 96.0 Å². The van der Waals surface area contributed by atoms with Gasteiger partial charge in [0.1, 0.15) is 11.6 Å². The second kappa shape index (κ2) is 9.14. The number of nitrogens with zero attached hydrogens (tertiary/aromatic N) is 2. The number of hydrogen-bond acceptors (Lipinski definition) is 4. The Kier molecular flexibility index (Phi) is 6.63. The number of carbonyl (C=O) groups excluding carboxylic acids is 1. The first-order valence-corrected chi connectivity index (χ1v) is 8.30. The van der Waals surface area contributed by atoms with Crippen molar-refractivity contribution in [2.24, 2.45) is 0 Å². The number of benzene rings is 2. The summed E-state index contributed by atoms with van der Waals surface area (Å²) in [5.41, 5.74) is 1.98. The molecule has 0 aromatic heterocycles. The molecule has 0 heterocycles. The molecule has 0 radical (unpaired) electrons. The molecule has 0 saturated heterocycles. The van der Waals surface area contributed by atoms with E-state index in [1.54, 1.807) is 18.2 Å². The maximum atomic E-state index is 12.3. The highest BCUT2D eigenvalue weighted by Gasteiger charge is 2.11. The molecule has 0 fully saturated rings. The van der Waals surface area contributed by atoms with Crippen LogP contribution in [0.3, 0.4) is 0 Å². The Bertz CT molecular complexity index is 865. The van der Waals surface area contributed by atoms with Gasteiger partial charge in [-0.1, -0.05) is 37.6 Å². The number of hydrogen-bond donors (Lipinski definition) is 1. The van der Waals surface area contributed by atoms with Gasteiger partial charge in [0.25, 0.3) is 11.6 Å². The maximum Gasteiger partial charge on any atom is 0.270 e. The Labute approximate surface area is 151 Å². The molecule has 132 valence electrons. The largest absolute Gasteiger partial charge is 0.321 e. The van der Waals surface area contributed by atoms with Gasteiger partial charge in [-0.3, -0.25) is 14.9 Å². The van der Waals surface area contributed by atoms with E-state index in [-0.39, 0.29) is 11.3 Å². The second-order valence-electron chi connectivity index (χ2n) is 5.78. The Balaban J connectivity index is 2.12. The van der Waals surface area contributed by atoms with Gasteiger partial charge in [0.05, 0.1) is 4.92 Å². The highest BCUT2D eigenvalue weighted by molar-refractivity contribution is 6.09. The Hall–Kier alpha value is -3.46. The van der Waals surface area contributed by atoms with Crippen molar-refractivity contribution in [2.45, 2.75) is 26.2 Å². The number of anilines is 1. The van der Waals surface area contributed by atoms with Crippen LogP contribution in [0.2, 0.25) is 0 Å². The molecular weight excluding hydrogens is 330 g/mol. The van der Waals surface area contributed by atoms with Crippen LogP contribution in [-0.2, 0) is 11.2 Å². The van der Waals surface area contributed by atoms with Crippen LogP contribution in [0, 0.1) is 21.4 Å². The average Bonchev–Trinajstić information content (AvgIpc) is 2.65. The van der Waals surface area contributed by atoms with E-state index in [2.05, 4.69) is 12.2 Å². The SMILES string of the molecule is CCCCc1ccc(NC(=O)/C(C#N)=C\c2cccc([N+](=O)[O-])c2)cc1. The smallest absolute Gasteiger partial charge is 0.270 e. The van der Waals surface area contributed by atoms with Gasteiger partial charge in [0.2, 0.25) is 0 Å². The minimum absolute atomic E-state index is 0.0980. The molecule has 6 heteroatoms. The average molecular weight is 349 g/mol. The number of nitro groups is 1. The normalized spacial score (nSPS) is 10.8. The van der Waals surface area contributed by atoms with Crippen LogP contribution in [0.15, 0.2) is 54.1 Å². The number of non-ortho nitro benzene ring substituents is 1. The number of rotatable bonds is 7. The van der Waals surface area contributed by atoms with Gasteiger partial charge in [0.15, 0.2) is 0 Å². The maximum absolute atomic E-state index is 12.3. The van der Waals surface area contributed by atoms with Crippen LogP contribution in [0.4, 0.5) is 11.4 Å². The van der Waals surface area contributed by atoms with E-state index in [9.17, 15) is 20.2 Å². The highest BCUT2D eigenvalue weighted by atomic mass is 16.6. The monoisotopic (exact) mass is 349 g/mol. The summed E-state index contributed by atoms with van der Waals surface area (Å²) in [6, 6.07) is 15.1. The fourth-order valence-corrected chi connectivity index (χ4v) is 2.38. The third kappa shape index (κ3) is 5.28. The first-order valence-electron chi connectivity index (χ1n) is 8.30. The van der Waals surface area contributed by atoms with E-state index in [0.29, 0.717) is 11.3 Å². The summed E-state index contributed by atoms with van der Waals surface area (Å²) in [7, 11) is 0. The molecule has 2 rings (SSSR count). The first-order chi connectivity index (χ1) is 12.5. The van der Waals surface area contributed by atoms with E-state index in [1.807, 2.05) is 18.2 Å². The molecule has 0 spiro atoms. The number of carbonyl (C=O) groups is 1. The van der Waals surface area contributed by atoms with Crippen LogP contribution < -0.4 is 5.32 Å². The Morgan fingerprint density at radius 2 is 2.00 bits per heavy atom. The lowest BCUT2D eigenvalue weighted by atomic mass is 10.1. The predicted molar refractivity (Wildman–Crippen MR) is 100 cm³/mol. The van der Waals surface area contributed by atoms with Crippen molar-refractivity contribution >= 4 is 23.4 Å². The molecule has 2 aromatic rings. The molecule has 0 unspecified atom stereocenters. The van der Waals surface area contributed by atoms with Crippen molar-refractivity contribution in [1.82, 2.24) is 0 Å². The van der Waals surface area contributed by atoms with Gasteiger partial charge >= 0.3 is 0 Å². The van der Waals surface area contributed by atoms with Crippen molar-refractivity contribution in [3.63, 3.8) is 0 Å². The fraction of sp³-hybridized carbons (Fsp3) is 0.200. The molecule has 2 aromatic carbocycles. The lowest BCUT2D eigenvalue weighted by molar-refractivity contribution is -0.384. The van der Waals surface area contributed by atoms with Crippen LogP contribution in [0.25, 0.3) is 6.08 Å². The molecule has 0 atom stereocenters. The number of nitriles is 1. The quantitative estimate of drug-likeness (QED) is 0.345. The lowest BCUT2D eigenvalue weighted by Gasteiger charge is -2.06. The molecule has 1 amide bonds. The standard InChI is InChI=1S/C20H19N3O3/c1-2-3-5-15-8-10-18(11-9-15)22-20(24)17(14-21)12-16-6-4-7-19(13-16)23(25)26/h4,6-13H,2-3,5H2,1H3,(H,22,24)/b17-12-. The zero-order valence-corrected chi connectivity index (χ0v) is 14.4. The summed E-state index contributed by atoms with van der Waals surface area (Å²) < 4.78 is 0. The summed E-state index contributed by atoms with van der Waals surface area (Å²) >= 11 is 0. The summed E-state index contributed by atoms with van der Waals surface area (Å²) in [4.78, 5) is 22.6. The zero-order chi connectivity index (χ0) is 18.9. The minimum atomic E-state index is -0.555. The van der Waals surface area contributed by atoms with Gasteiger partial charge < -0.3 is 5.32 Å². The summed E-state index contributed by atoms with van der Waals surface area (Å²) in [5.74, 6) is -0.555. The molecule has 0 aliphatic rings. The molecule has 6 nitrogen and oxygen atoms in total. The zero-order valence-electron chi connectivity index (χ0n) is 14.4. The number of aryl methyl sites for hydroxylation is 1. The van der Waals surface area contributed by atoms with Gasteiger partial charge in [-0.25, -0.2) is 0 Å². The van der Waals surface area contributed by atoms with Crippen LogP contribution in [-0.4, -0.2) is 10.8 Å². The molecular formula is C20H19N3O3. The molecule has 26 heavy (non-hydrogen) atoms. The van der Waals surface area contributed by atoms with Crippen LogP contribution in [0.5, 0.6) is 0 Å². The van der Waals surface area contributed by atoms with Crippen molar-refractivity contribution < 1.29 is 9.72 Å². The molecule has 1 N–H and O–H groups in total. The highest BCUT2D eigenvalue weighted by Crippen LogP contribution is 2.17. The molecule has 0 bridgehead atoms. The predicted octanol–water partition coefficient (Wildman–Crippen LogP) is 4.48. The van der Waals surface area contributed by atoms with Crippen molar-refractivity contribution in [2.75, 3.05) is 5.32 Å². The molecule has 0 aliphatic heterocycles. The van der Waals surface area contributed by atoms with Gasteiger partial charge in [-0.05, 0) is 42.2 Å². The third-order valence-corrected chi connectivity index (χ3v) is 3.79. The fourth-order valence-electron chi connectivity index (χ4n) is 2.38. The van der Waals surface area contributed by atoms with E-state index in [0.717, 1.165) is 19.3 Å². The van der Waals surface area contributed by atoms with E-state index in [4.69, 9.17) is 0 Å². The van der Waals surface area contributed by atoms with E-state index < -0.39 is 10.8 Å². The summed E-state index contributed by atoms with van der Waals surface area (Å²) in [6.07, 6.45) is 4.54. The van der Waals surface area contributed by atoms with E-state index in [1.165, 1.54) is 29.8 Å². The van der Waals surface area contributed by atoms with Gasteiger partial charge in [-0.15, -0.1) is 0 Å². The molecule has 0 saturated carbocycles. The number of amides is 1. The number of nitrogens with one attached hydrogen (secondary N) is 1.